The highest BCUT2D eigenvalue weighted by atomic mass is 35.5. The summed E-state index contributed by atoms with van der Waals surface area (Å²) in [6.07, 6.45) is 1.98. The Labute approximate surface area is 261 Å². The highest BCUT2D eigenvalue weighted by molar-refractivity contribution is 6.33. The Balaban J connectivity index is 1.40. The van der Waals surface area contributed by atoms with E-state index in [9.17, 15) is 28.3 Å². The number of fused-ring (bicyclic) bond motifs is 2. The van der Waals surface area contributed by atoms with Crippen LogP contribution in [0, 0.1) is 17.7 Å². The summed E-state index contributed by atoms with van der Waals surface area (Å²) in [6, 6.07) is 3.72. The van der Waals surface area contributed by atoms with Gasteiger partial charge in [0, 0.05) is 56.5 Å². The van der Waals surface area contributed by atoms with Crippen molar-refractivity contribution >= 4 is 46.0 Å². The maximum atomic E-state index is 14.9. The first-order valence-corrected chi connectivity index (χ1v) is 14.8. The molecular weight excluding hydrogens is 610 g/mol. The van der Waals surface area contributed by atoms with Crippen molar-refractivity contribution in [1.82, 2.24) is 24.0 Å². The van der Waals surface area contributed by atoms with Gasteiger partial charge in [0.15, 0.2) is 11.6 Å². The van der Waals surface area contributed by atoms with E-state index in [0.717, 1.165) is 19.2 Å². The fourth-order valence-corrected chi connectivity index (χ4v) is 6.32. The van der Waals surface area contributed by atoms with Crippen molar-refractivity contribution in [3.8, 4) is 16.9 Å². The molecule has 0 bridgehead atoms. The van der Waals surface area contributed by atoms with Gasteiger partial charge >= 0.3 is 0 Å². The minimum Gasteiger partial charge on any atom is -0.504 e. The molecule has 3 aromatic heterocycles. The average Bonchev–Trinajstić information content (AvgIpc) is 3.52. The second-order valence-corrected chi connectivity index (χ2v) is 12.2. The fourth-order valence-electron chi connectivity index (χ4n) is 6.17. The number of nitrogens with two attached hydrogens (primary N) is 1. The number of nitrogens with zero attached hydrogens (tertiary/aromatic N) is 6. The van der Waals surface area contributed by atoms with Crippen LogP contribution in [0.3, 0.4) is 0 Å². The molecule has 2 aliphatic rings. The molecule has 2 amide bonds. The molecule has 2 aliphatic heterocycles. The van der Waals surface area contributed by atoms with Crippen LogP contribution in [0.25, 0.3) is 22.2 Å². The Bertz CT molecular complexity index is 1940. The van der Waals surface area contributed by atoms with Crippen LogP contribution in [-0.2, 0) is 24.3 Å². The fraction of sp³-hybridized carbons (Fsp3) is 0.367. The molecule has 1 aromatic carbocycles. The van der Waals surface area contributed by atoms with E-state index < -0.39 is 40.5 Å². The summed E-state index contributed by atoms with van der Waals surface area (Å²) in [6.45, 7) is 6.14. The van der Waals surface area contributed by atoms with E-state index in [0.29, 0.717) is 31.2 Å². The number of hydrogen-bond acceptors (Lipinski definition) is 8. The summed E-state index contributed by atoms with van der Waals surface area (Å²) in [5.74, 6) is -3.60. The van der Waals surface area contributed by atoms with Gasteiger partial charge in [-0.15, -0.1) is 0 Å². The minimum atomic E-state index is -1.11. The number of aromatic hydroxyl groups is 1. The number of amides is 2. The number of carbonyl (C=O) groups excluding carboxylic acids is 2. The molecule has 15 heteroatoms. The zero-order chi connectivity index (χ0) is 32.3. The van der Waals surface area contributed by atoms with Crippen molar-refractivity contribution in [2.24, 2.45) is 11.7 Å². The van der Waals surface area contributed by atoms with Gasteiger partial charge in [0.25, 0.3) is 11.5 Å². The molecule has 4 N–H and O–H groups in total. The molecule has 6 rings (SSSR count). The van der Waals surface area contributed by atoms with Crippen LogP contribution < -0.4 is 21.5 Å². The third kappa shape index (κ3) is 5.48. The van der Waals surface area contributed by atoms with E-state index in [-0.39, 0.29) is 51.4 Å². The van der Waals surface area contributed by atoms with Crippen LogP contribution in [0.1, 0.15) is 30.0 Å². The zero-order valence-corrected chi connectivity index (χ0v) is 25.5. The van der Waals surface area contributed by atoms with E-state index in [2.05, 4.69) is 15.2 Å². The van der Waals surface area contributed by atoms with Crippen molar-refractivity contribution in [2.45, 2.75) is 39.4 Å². The lowest BCUT2D eigenvalue weighted by Crippen LogP contribution is -2.50. The summed E-state index contributed by atoms with van der Waals surface area (Å²) in [4.78, 5) is 51.9. The lowest BCUT2D eigenvalue weighted by atomic mass is 10.0. The van der Waals surface area contributed by atoms with Crippen molar-refractivity contribution < 1.29 is 23.5 Å². The SMILES string of the molecule is CC1Cc2nc3c(c(-c4cc(F)c(O)c(C(N)=O)c4)cn3CC(=O)Nc3cc(N4CCN(C)C[C@@H]4C)nc(F)c3Cl)c(=O)n2C1. The number of halogens is 3. The third-order valence-corrected chi connectivity index (χ3v) is 8.70. The summed E-state index contributed by atoms with van der Waals surface area (Å²) in [5.41, 5.74) is 4.95. The number of primary amides is 1. The predicted molar refractivity (Wildman–Crippen MR) is 165 cm³/mol. The maximum Gasteiger partial charge on any atom is 0.263 e. The summed E-state index contributed by atoms with van der Waals surface area (Å²) >= 11 is 6.22. The Morgan fingerprint density at radius 2 is 1.91 bits per heavy atom. The van der Waals surface area contributed by atoms with Gasteiger partial charge in [0.1, 0.15) is 28.9 Å². The van der Waals surface area contributed by atoms with Crippen LogP contribution in [0.2, 0.25) is 5.02 Å². The first kappa shape index (κ1) is 30.5. The molecule has 0 radical (unpaired) electrons. The molecule has 0 saturated carbocycles. The molecule has 45 heavy (non-hydrogen) atoms. The van der Waals surface area contributed by atoms with Crippen molar-refractivity contribution in [1.29, 1.82) is 0 Å². The van der Waals surface area contributed by atoms with Gasteiger partial charge in [0.2, 0.25) is 11.9 Å². The zero-order valence-electron chi connectivity index (χ0n) is 24.8. The maximum absolute atomic E-state index is 14.9. The lowest BCUT2D eigenvalue weighted by Gasteiger charge is -2.39. The first-order valence-electron chi connectivity index (χ1n) is 14.4. The Hall–Kier alpha value is -4.56. The van der Waals surface area contributed by atoms with Gasteiger partial charge in [-0.25, -0.2) is 14.4 Å². The van der Waals surface area contributed by atoms with Gasteiger partial charge in [-0.05, 0) is 37.6 Å². The van der Waals surface area contributed by atoms with E-state index in [1.54, 1.807) is 0 Å². The molecule has 4 aromatic rings. The van der Waals surface area contributed by atoms with Gasteiger partial charge in [0.05, 0.1) is 16.6 Å². The first-order chi connectivity index (χ1) is 21.3. The van der Waals surface area contributed by atoms with Crippen molar-refractivity contribution in [2.75, 3.05) is 36.9 Å². The number of benzene rings is 1. The van der Waals surface area contributed by atoms with Crippen LogP contribution in [0.5, 0.6) is 5.75 Å². The van der Waals surface area contributed by atoms with Crippen LogP contribution >= 0.6 is 11.6 Å². The molecular formula is C30H31ClF2N8O4. The summed E-state index contributed by atoms with van der Waals surface area (Å²) in [5, 5.41) is 12.4. The smallest absolute Gasteiger partial charge is 0.263 e. The second kappa shape index (κ2) is 11.4. The van der Waals surface area contributed by atoms with Gasteiger partial charge in [-0.3, -0.25) is 19.0 Å². The number of aromatic nitrogens is 4. The van der Waals surface area contributed by atoms with E-state index >= 15 is 0 Å². The van der Waals surface area contributed by atoms with Crippen molar-refractivity contribution in [3.05, 3.63) is 62.9 Å². The number of carbonyl (C=O) groups is 2. The number of likely N-dealkylation sites (N-methyl/N-ethyl adjacent to an activating group) is 1. The largest absolute Gasteiger partial charge is 0.504 e. The highest BCUT2D eigenvalue weighted by Gasteiger charge is 2.28. The molecule has 1 unspecified atom stereocenters. The monoisotopic (exact) mass is 640 g/mol. The lowest BCUT2D eigenvalue weighted by molar-refractivity contribution is -0.116. The average molecular weight is 641 g/mol. The van der Waals surface area contributed by atoms with Gasteiger partial charge in [-0.2, -0.15) is 4.39 Å². The normalized spacial score (nSPS) is 18.4. The topological polar surface area (TPSA) is 152 Å². The van der Waals surface area contributed by atoms with E-state index in [4.69, 9.17) is 22.3 Å². The van der Waals surface area contributed by atoms with Crippen LogP contribution in [0.4, 0.5) is 20.3 Å². The standard InChI is InChI=1S/C30H31ClF2N8O4/c1-14-6-21-37-29-24(30(45)41(21)10-14)18(16-7-17(28(34)44)26(43)19(32)8-16)12-39(29)13-23(42)35-20-9-22(36-27(33)25(20)31)40-5-4-38(3)11-15(40)2/h7-9,12,14-15,43H,4-6,10-11,13H2,1-3H3,(H2,34,44)(H,35,36,42)/t14?,15-/m0/s1. The second-order valence-electron chi connectivity index (χ2n) is 11.8. The van der Waals surface area contributed by atoms with Crippen LogP contribution in [-0.4, -0.2) is 73.6 Å². The predicted octanol–water partition coefficient (Wildman–Crippen LogP) is 2.97. The van der Waals surface area contributed by atoms with E-state index in [1.807, 2.05) is 25.8 Å². The molecule has 5 heterocycles. The number of pyridine rings is 1. The molecule has 1 fully saturated rings. The van der Waals surface area contributed by atoms with Gasteiger partial charge in [-0.1, -0.05) is 18.5 Å². The Morgan fingerprint density at radius 3 is 2.62 bits per heavy atom. The van der Waals surface area contributed by atoms with Crippen molar-refractivity contribution in [3.63, 3.8) is 0 Å². The Kier molecular flexibility index (Phi) is 7.73. The molecule has 0 spiro atoms. The summed E-state index contributed by atoms with van der Waals surface area (Å²) in [7, 11) is 2.00. The molecule has 0 aliphatic carbocycles. The number of anilines is 2. The highest BCUT2D eigenvalue weighted by Crippen LogP contribution is 2.34. The number of phenols is 1. The molecule has 1 saturated heterocycles. The van der Waals surface area contributed by atoms with Gasteiger partial charge < -0.3 is 30.5 Å². The molecule has 2 atom stereocenters. The summed E-state index contributed by atoms with van der Waals surface area (Å²) < 4.78 is 32.5. The Morgan fingerprint density at radius 1 is 1.16 bits per heavy atom. The number of piperazine rings is 1. The third-order valence-electron chi connectivity index (χ3n) is 8.34. The minimum absolute atomic E-state index is 0.0291. The van der Waals surface area contributed by atoms with Crippen LogP contribution in [0.15, 0.2) is 29.2 Å². The quantitative estimate of drug-likeness (QED) is 0.272. The van der Waals surface area contributed by atoms with E-state index in [1.165, 1.54) is 27.5 Å². The number of rotatable bonds is 6. The number of nitrogens with one attached hydrogen (secondary N) is 1. The molecule has 236 valence electrons. The molecule has 12 nitrogen and oxygen atoms in total. The number of hydrogen-bond donors (Lipinski definition) is 3.